The third-order valence-electron chi connectivity index (χ3n) is 6.63. The van der Waals surface area contributed by atoms with Gasteiger partial charge >= 0.3 is 12.2 Å². The Balaban J connectivity index is 1.46. The third kappa shape index (κ3) is 7.68. The maximum Gasteiger partial charge on any atom is 0.416 e. The number of carbonyl (C=O) groups is 2. The van der Waals surface area contributed by atoms with E-state index in [0.29, 0.717) is 31.0 Å². The molecular weight excluding hydrogens is 543 g/mol. The number of carbonyl (C=O) groups excluding carboxylic acids is 2. The van der Waals surface area contributed by atoms with Crippen molar-refractivity contribution in [1.82, 2.24) is 9.80 Å². The van der Waals surface area contributed by atoms with Crippen molar-refractivity contribution in [2.24, 2.45) is 0 Å². The zero-order chi connectivity index (χ0) is 28.9. The fraction of sp³-hybridized carbons (Fsp3) is 0.379. The third-order valence-corrected chi connectivity index (χ3v) is 7.62. The Kier molecular flexibility index (Phi) is 9.24. The molecule has 1 aromatic heterocycles. The van der Waals surface area contributed by atoms with Gasteiger partial charge in [0.15, 0.2) is 11.5 Å². The highest BCUT2D eigenvalue weighted by molar-refractivity contribution is 7.11. The molecule has 0 radical (unpaired) electrons. The van der Waals surface area contributed by atoms with E-state index in [-0.39, 0.29) is 24.2 Å². The normalized spacial score (nSPS) is 13.1. The van der Waals surface area contributed by atoms with E-state index in [0.717, 1.165) is 40.3 Å². The van der Waals surface area contributed by atoms with Gasteiger partial charge in [-0.05, 0) is 80.3 Å². The molecular formula is C29H32F3N3O4S. The Morgan fingerprint density at radius 3 is 2.27 bits per heavy atom. The Hall–Kier alpha value is -3.73. The molecule has 1 fully saturated rings. The van der Waals surface area contributed by atoms with Gasteiger partial charge in [-0.15, -0.1) is 11.3 Å². The van der Waals surface area contributed by atoms with Crippen molar-refractivity contribution in [3.63, 3.8) is 0 Å². The van der Waals surface area contributed by atoms with Gasteiger partial charge in [0.25, 0.3) is 0 Å². The van der Waals surface area contributed by atoms with E-state index >= 15 is 0 Å². The number of anilines is 1. The van der Waals surface area contributed by atoms with Crippen LogP contribution in [0.25, 0.3) is 0 Å². The standard InChI is InChI=1S/C29H32F3N3O4S/c1-19-4-12-24(40-19)17-34(15-14-20-5-13-25(38-2)26(16-20)39-3)27(36)18-35(23-10-11-23)28(37)33-22-8-6-21(7-9-22)29(30,31)32/h4-9,12-13,16,23H,10-11,14-15,17-18H2,1-3H3,(H,33,37). The number of benzene rings is 2. The lowest BCUT2D eigenvalue weighted by Gasteiger charge is -2.28. The van der Waals surface area contributed by atoms with Crippen LogP contribution in [0, 0.1) is 6.92 Å². The molecule has 0 saturated heterocycles. The largest absolute Gasteiger partial charge is 0.493 e. The predicted octanol–water partition coefficient (Wildman–Crippen LogP) is 6.36. The first-order valence-electron chi connectivity index (χ1n) is 12.9. The second kappa shape index (κ2) is 12.6. The Morgan fingerprint density at radius 1 is 1.00 bits per heavy atom. The highest BCUT2D eigenvalue weighted by Gasteiger charge is 2.35. The number of halogens is 3. The van der Waals surface area contributed by atoms with Crippen LogP contribution in [0.1, 0.15) is 33.7 Å². The SMILES string of the molecule is COc1ccc(CCN(Cc2ccc(C)s2)C(=O)CN(C(=O)Nc2ccc(C(F)(F)F)cc2)C2CC2)cc1OC. The average Bonchev–Trinajstić information content (AvgIpc) is 3.69. The maximum atomic E-state index is 13.6. The Labute approximate surface area is 235 Å². The monoisotopic (exact) mass is 575 g/mol. The molecule has 4 rings (SSSR count). The van der Waals surface area contributed by atoms with Crippen LogP contribution in [0.2, 0.25) is 0 Å². The lowest BCUT2D eigenvalue weighted by Crippen LogP contribution is -2.45. The van der Waals surface area contributed by atoms with Crippen LogP contribution in [-0.4, -0.2) is 55.1 Å². The minimum Gasteiger partial charge on any atom is -0.493 e. The van der Waals surface area contributed by atoms with Gasteiger partial charge in [0, 0.05) is 28.0 Å². The number of alkyl halides is 3. The van der Waals surface area contributed by atoms with Crippen LogP contribution >= 0.6 is 11.3 Å². The minimum atomic E-state index is -4.46. The van der Waals surface area contributed by atoms with Crippen molar-refractivity contribution in [1.29, 1.82) is 0 Å². The van der Waals surface area contributed by atoms with Crippen molar-refractivity contribution in [3.05, 3.63) is 75.5 Å². The molecule has 40 heavy (non-hydrogen) atoms. The molecule has 1 N–H and O–H groups in total. The highest BCUT2D eigenvalue weighted by atomic mass is 32.1. The summed E-state index contributed by atoms with van der Waals surface area (Å²) in [4.78, 5) is 32.1. The molecule has 0 atom stereocenters. The van der Waals surface area contributed by atoms with E-state index in [1.165, 1.54) is 17.0 Å². The molecule has 2 aromatic carbocycles. The summed E-state index contributed by atoms with van der Waals surface area (Å²) >= 11 is 1.61. The van der Waals surface area contributed by atoms with Crippen LogP contribution in [0.5, 0.6) is 11.5 Å². The van der Waals surface area contributed by atoms with Crippen LogP contribution in [0.4, 0.5) is 23.7 Å². The van der Waals surface area contributed by atoms with Crippen molar-refractivity contribution in [2.75, 3.05) is 32.6 Å². The first-order chi connectivity index (χ1) is 19.1. The fourth-order valence-corrected chi connectivity index (χ4v) is 5.19. The first-order valence-corrected chi connectivity index (χ1v) is 13.7. The number of thiophene rings is 1. The molecule has 0 unspecified atom stereocenters. The molecule has 214 valence electrons. The van der Waals surface area contributed by atoms with Crippen molar-refractivity contribution < 1.29 is 32.2 Å². The van der Waals surface area contributed by atoms with Gasteiger partial charge < -0.3 is 24.6 Å². The number of hydrogen-bond acceptors (Lipinski definition) is 5. The van der Waals surface area contributed by atoms with E-state index in [1.807, 2.05) is 37.3 Å². The number of amides is 3. The van der Waals surface area contributed by atoms with Crippen molar-refractivity contribution >= 4 is 29.0 Å². The molecule has 0 bridgehead atoms. The molecule has 11 heteroatoms. The molecule has 1 aliphatic carbocycles. The van der Waals surface area contributed by atoms with Gasteiger partial charge in [0.1, 0.15) is 6.54 Å². The second-order valence-corrected chi connectivity index (χ2v) is 11.0. The van der Waals surface area contributed by atoms with E-state index in [1.54, 1.807) is 30.5 Å². The topological polar surface area (TPSA) is 71.1 Å². The highest BCUT2D eigenvalue weighted by Crippen LogP contribution is 2.31. The first kappa shape index (κ1) is 29.3. The quantitative estimate of drug-likeness (QED) is 0.289. The van der Waals surface area contributed by atoms with Gasteiger partial charge in [-0.25, -0.2) is 4.79 Å². The van der Waals surface area contributed by atoms with Gasteiger partial charge in [-0.1, -0.05) is 6.07 Å². The number of methoxy groups -OCH3 is 2. The lowest BCUT2D eigenvalue weighted by atomic mass is 10.1. The fourth-order valence-electron chi connectivity index (χ4n) is 4.29. The molecule has 0 spiro atoms. The van der Waals surface area contributed by atoms with Crippen molar-refractivity contribution in [3.8, 4) is 11.5 Å². The Morgan fingerprint density at radius 2 is 1.70 bits per heavy atom. The van der Waals surface area contributed by atoms with Crippen LogP contribution < -0.4 is 14.8 Å². The predicted molar refractivity (Wildman–Crippen MR) is 148 cm³/mol. The van der Waals surface area contributed by atoms with Crippen molar-refractivity contribution in [2.45, 2.75) is 44.9 Å². The molecule has 0 aliphatic heterocycles. The summed E-state index contributed by atoms with van der Waals surface area (Å²) in [6.45, 7) is 2.70. The molecule has 1 heterocycles. The molecule has 1 saturated carbocycles. The summed E-state index contributed by atoms with van der Waals surface area (Å²) in [5.74, 6) is 1.01. The number of rotatable bonds is 11. The molecule has 1 aliphatic rings. The Bertz CT molecular complexity index is 1320. The van der Waals surface area contributed by atoms with Gasteiger partial charge in [-0.3, -0.25) is 4.79 Å². The number of nitrogens with one attached hydrogen (secondary N) is 1. The molecule has 3 aromatic rings. The summed E-state index contributed by atoms with van der Waals surface area (Å²) in [5, 5.41) is 2.65. The summed E-state index contributed by atoms with van der Waals surface area (Å²) in [7, 11) is 3.14. The number of hydrogen-bond donors (Lipinski definition) is 1. The lowest BCUT2D eigenvalue weighted by molar-refractivity contribution is -0.137. The van der Waals surface area contributed by atoms with E-state index < -0.39 is 17.8 Å². The number of urea groups is 1. The summed E-state index contributed by atoms with van der Waals surface area (Å²) in [6, 6.07) is 13.3. The van der Waals surface area contributed by atoms with Crippen LogP contribution in [-0.2, 0) is 23.9 Å². The summed E-state index contributed by atoms with van der Waals surface area (Å²) in [6.07, 6.45) is -2.36. The molecule has 7 nitrogen and oxygen atoms in total. The second-order valence-electron chi connectivity index (χ2n) is 9.63. The zero-order valence-corrected chi connectivity index (χ0v) is 23.4. The van der Waals surface area contributed by atoms with E-state index in [2.05, 4.69) is 5.32 Å². The number of ether oxygens (including phenoxy) is 2. The smallest absolute Gasteiger partial charge is 0.416 e. The average molecular weight is 576 g/mol. The van der Waals surface area contributed by atoms with Gasteiger partial charge in [0.2, 0.25) is 5.91 Å². The number of nitrogens with zero attached hydrogens (tertiary/aromatic N) is 2. The summed E-state index contributed by atoms with van der Waals surface area (Å²) < 4.78 is 49.4. The molecule has 3 amide bonds. The maximum absolute atomic E-state index is 13.6. The van der Waals surface area contributed by atoms with Crippen LogP contribution in [0.15, 0.2) is 54.6 Å². The van der Waals surface area contributed by atoms with E-state index in [4.69, 9.17) is 9.47 Å². The van der Waals surface area contributed by atoms with Gasteiger partial charge in [0.05, 0.1) is 26.3 Å². The number of aryl methyl sites for hydroxylation is 1. The van der Waals surface area contributed by atoms with E-state index in [9.17, 15) is 22.8 Å². The van der Waals surface area contributed by atoms with Crippen LogP contribution in [0.3, 0.4) is 0 Å². The summed E-state index contributed by atoms with van der Waals surface area (Å²) in [5.41, 5.74) is 0.404. The van der Waals surface area contributed by atoms with Gasteiger partial charge in [-0.2, -0.15) is 13.2 Å². The minimum absolute atomic E-state index is 0.0879. The zero-order valence-electron chi connectivity index (χ0n) is 22.6.